The van der Waals surface area contributed by atoms with Gasteiger partial charge in [0.25, 0.3) is 0 Å². The molecule has 1 N–H and O–H groups in total. The van der Waals surface area contributed by atoms with Crippen LogP contribution in [0.15, 0.2) is 18.5 Å². The molecule has 1 unspecified atom stereocenters. The fourth-order valence-electron chi connectivity index (χ4n) is 2.04. The van der Waals surface area contributed by atoms with Gasteiger partial charge in [-0.1, -0.05) is 0 Å². The second-order valence-corrected chi connectivity index (χ2v) is 4.24. The fraction of sp³-hybridized carbons (Fsp3) is 0.636. The molecule has 0 aliphatic carbocycles. The van der Waals surface area contributed by atoms with E-state index < -0.39 is 0 Å². The summed E-state index contributed by atoms with van der Waals surface area (Å²) in [5, 5.41) is 13.6. The molecule has 0 bridgehead atoms. The molecule has 5 heteroatoms. The Hall–Kier alpha value is -1.36. The van der Waals surface area contributed by atoms with E-state index in [4.69, 9.17) is 0 Å². The molecule has 0 aromatic carbocycles. The number of carbonyl (C=O) groups is 1. The number of rotatable bonds is 2. The van der Waals surface area contributed by atoms with Crippen LogP contribution in [0.25, 0.3) is 0 Å². The van der Waals surface area contributed by atoms with Crippen LogP contribution >= 0.6 is 0 Å². The molecular formula is C11H17N3O2. The summed E-state index contributed by atoms with van der Waals surface area (Å²) in [5.74, 6) is 0.0300. The van der Waals surface area contributed by atoms with E-state index in [2.05, 4.69) is 5.10 Å². The molecule has 1 aromatic heterocycles. The first-order valence-corrected chi connectivity index (χ1v) is 5.64. The van der Waals surface area contributed by atoms with Gasteiger partial charge >= 0.3 is 0 Å². The average Bonchev–Trinajstić information content (AvgIpc) is 2.80. The van der Waals surface area contributed by atoms with Crippen molar-refractivity contribution in [3.63, 3.8) is 0 Å². The van der Waals surface area contributed by atoms with Crippen molar-refractivity contribution in [3.05, 3.63) is 18.5 Å². The monoisotopic (exact) mass is 223 g/mol. The van der Waals surface area contributed by atoms with Crippen LogP contribution in [0.1, 0.15) is 25.8 Å². The molecule has 88 valence electrons. The third kappa shape index (κ3) is 2.24. The molecule has 1 aliphatic rings. The van der Waals surface area contributed by atoms with Crippen molar-refractivity contribution >= 4 is 5.91 Å². The average molecular weight is 223 g/mol. The number of amides is 1. The predicted octanol–water partition coefficient (Wildman–Crippen LogP) is 0.427. The van der Waals surface area contributed by atoms with E-state index in [1.54, 1.807) is 28.0 Å². The summed E-state index contributed by atoms with van der Waals surface area (Å²) in [6, 6.07) is 1.51. The number of likely N-dealkylation sites (tertiary alicyclic amines) is 1. The summed E-state index contributed by atoms with van der Waals surface area (Å²) in [5.41, 5.74) is 0. The van der Waals surface area contributed by atoms with Gasteiger partial charge in [-0.3, -0.25) is 9.48 Å². The summed E-state index contributed by atoms with van der Waals surface area (Å²) in [6.07, 6.45) is 4.73. The fourth-order valence-corrected chi connectivity index (χ4v) is 2.04. The second kappa shape index (κ2) is 4.65. The minimum absolute atomic E-state index is 0.0300. The Kier molecular flexibility index (Phi) is 3.24. The first-order valence-electron chi connectivity index (χ1n) is 5.64. The summed E-state index contributed by atoms with van der Waals surface area (Å²) in [7, 11) is 0. The van der Waals surface area contributed by atoms with Gasteiger partial charge in [0.05, 0.1) is 6.10 Å². The summed E-state index contributed by atoms with van der Waals surface area (Å²) in [4.78, 5) is 13.8. The zero-order chi connectivity index (χ0) is 11.5. The van der Waals surface area contributed by atoms with Crippen LogP contribution in [0.3, 0.4) is 0 Å². The van der Waals surface area contributed by atoms with Crippen LogP contribution in [0, 0.1) is 0 Å². The largest absolute Gasteiger partial charge is 0.391 e. The quantitative estimate of drug-likeness (QED) is 0.791. The molecule has 16 heavy (non-hydrogen) atoms. The minimum atomic E-state index is -0.373. The zero-order valence-electron chi connectivity index (χ0n) is 9.41. The Labute approximate surface area is 94.7 Å². The molecule has 0 saturated carbocycles. The lowest BCUT2D eigenvalue weighted by molar-refractivity contribution is -0.137. The van der Waals surface area contributed by atoms with Crippen LogP contribution in [-0.4, -0.2) is 44.9 Å². The number of carbonyl (C=O) groups excluding carboxylic acids is 1. The Morgan fingerprint density at radius 1 is 1.62 bits per heavy atom. The molecular weight excluding hydrogens is 206 g/mol. The van der Waals surface area contributed by atoms with Crippen molar-refractivity contribution in [2.75, 3.05) is 13.1 Å². The maximum atomic E-state index is 12.1. The first kappa shape index (κ1) is 11.1. The van der Waals surface area contributed by atoms with Gasteiger partial charge < -0.3 is 10.0 Å². The van der Waals surface area contributed by atoms with E-state index in [0.29, 0.717) is 6.54 Å². The number of aromatic nitrogens is 2. The van der Waals surface area contributed by atoms with Crippen molar-refractivity contribution in [3.8, 4) is 0 Å². The molecule has 2 atom stereocenters. The topological polar surface area (TPSA) is 58.4 Å². The standard InChI is InChI=1S/C11H17N3O2/c1-9(14-7-3-5-12-14)11(16)13-6-2-4-10(15)8-13/h3,5,7,9-10,15H,2,4,6,8H2,1H3/t9?,10-/m0/s1. The number of aliphatic hydroxyl groups is 1. The van der Waals surface area contributed by atoms with Crippen molar-refractivity contribution in [2.45, 2.75) is 31.9 Å². The number of aliphatic hydroxyl groups excluding tert-OH is 1. The normalized spacial score (nSPS) is 23.1. The zero-order valence-corrected chi connectivity index (χ0v) is 9.41. The van der Waals surface area contributed by atoms with Crippen molar-refractivity contribution in [1.82, 2.24) is 14.7 Å². The predicted molar refractivity (Wildman–Crippen MR) is 58.8 cm³/mol. The van der Waals surface area contributed by atoms with Gasteiger partial charge in [-0.05, 0) is 25.8 Å². The van der Waals surface area contributed by atoms with Crippen LogP contribution in [0.4, 0.5) is 0 Å². The molecule has 1 saturated heterocycles. The molecule has 0 spiro atoms. The maximum absolute atomic E-state index is 12.1. The lowest BCUT2D eigenvalue weighted by Crippen LogP contribution is -2.44. The van der Waals surface area contributed by atoms with E-state index in [-0.39, 0.29) is 18.1 Å². The Balaban J connectivity index is 2.01. The summed E-state index contributed by atoms with van der Waals surface area (Å²) < 4.78 is 1.64. The van der Waals surface area contributed by atoms with Gasteiger partial charge in [-0.2, -0.15) is 5.10 Å². The molecule has 2 rings (SSSR count). The van der Waals surface area contributed by atoms with E-state index in [0.717, 1.165) is 19.4 Å². The maximum Gasteiger partial charge on any atom is 0.247 e. The smallest absolute Gasteiger partial charge is 0.247 e. The lowest BCUT2D eigenvalue weighted by Gasteiger charge is -2.32. The van der Waals surface area contributed by atoms with Gasteiger partial charge in [0, 0.05) is 25.5 Å². The van der Waals surface area contributed by atoms with Gasteiger partial charge in [0.1, 0.15) is 6.04 Å². The summed E-state index contributed by atoms with van der Waals surface area (Å²) >= 11 is 0. The molecule has 0 radical (unpaired) electrons. The highest BCUT2D eigenvalue weighted by molar-refractivity contribution is 5.80. The van der Waals surface area contributed by atoms with E-state index in [1.807, 2.05) is 6.92 Å². The third-order valence-electron chi connectivity index (χ3n) is 2.99. The number of hydrogen-bond acceptors (Lipinski definition) is 3. The van der Waals surface area contributed by atoms with Crippen LogP contribution in [0.2, 0.25) is 0 Å². The first-order chi connectivity index (χ1) is 7.68. The Bertz CT molecular complexity index is 350. The molecule has 1 amide bonds. The van der Waals surface area contributed by atoms with Crippen LogP contribution in [-0.2, 0) is 4.79 Å². The molecule has 1 aromatic rings. The third-order valence-corrected chi connectivity index (χ3v) is 2.99. The summed E-state index contributed by atoms with van der Waals surface area (Å²) in [6.45, 7) is 3.02. The highest BCUT2D eigenvalue weighted by Crippen LogP contribution is 2.15. The molecule has 2 heterocycles. The van der Waals surface area contributed by atoms with Crippen molar-refractivity contribution in [1.29, 1.82) is 0 Å². The van der Waals surface area contributed by atoms with Crippen LogP contribution < -0.4 is 0 Å². The van der Waals surface area contributed by atoms with Crippen molar-refractivity contribution < 1.29 is 9.90 Å². The number of hydrogen-bond donors (Lipinski definition) is 1. The Morgan fingerprint density at radius 3 is 3.06 bits per heavy atom. The van der Waals surface area contributed by atoms with Crippen LogP contribution in [0.5, 0.6) is 0 Å². The van der Waals surface area contributed by atoms with E-state index in [9.17, 15) is 9.90 Å². The molecule has 1 fully saturated rings. The number of β-amino-alcohol motifs (C(OH)–C–C–N with tert-alkyl or cyclic N) is 1. The van der Waals surface area contributed by atoms with E-state index in [1.165, 1.54) is 0 Å². The minimum Gasteiger partial charge on any atom is -0.391 e. The van der Waals surface area contributed by atoms with Gasteiger partial charge in [0.2, 0.25) is 5.91 Å². The van der Waals surface area contributed by atoms with Gasteiger partial charge in [0.15, 0.2) is 0 Å². The Morgan fingerprint density at radius 2 is 2.44 bits per heavy atom. The molecule has 5 nitrogen and oxygen atoms in total. The highest BCUT2D eigenvalue weighted by Gasteiger charge is 2.26. The van der Waals surface area contributed by atoms with E-state index >= 15 is 0 Å². The highest BCUT2D eigenvalue weighted by atomic mass is 16.3. The van der Waals surface area contributed by atoms with Gasteiger partial charge in [-0.25, -0.2) is 0 Å². The number of nitrogens with zero attached hydrogens (tertiary/aromatic N) is 3. The lowest BCUT2D eigenvalue weighted by atomic mass is 10.1. The molecule has 1 aliphatic heterocycles. The van der Waals surface area contributed by atoms with Crippen molar-refractivity contribution in [2.24, 2.45) is 0 Å². The second-order valence-electron chi connectivity index (χ2n) is 4.24. The SMILES string of the molecule is CC(C(=O)N1CCC[C@H](O)C1)n1cccn1. The van der Waals surface area contributed by atoms with Gasteiger partial charge in [-0.15, -0.1) is 0 Å². The number of piperidine rings is 1.